The van der Waals surface area contributed by atoms with Gasteiger partial charge in [0.1, 0.15) is 11.8 Å². The molecule has 7 heteroatoms. The minimum atomic E-state index is -3.63. The smallest absolute Gasteiger partial charge is 0.244 e. The Morgan fingerprint density at radius 3 is 2.30 bits per heavy atom. The van der Waals surface area contributed by atoms with Gasteiger partial charge in [0.2, 0.25) is 15.9 Å². The van der Waals surface area contributed by atoms with E-state index in [1.807, 2.05) is 31.2 Å². The van der Waals surface area contributed by atoms with Crippen LogP contribution in [0.15, 0.2) is 54.6 Å². The Bertz CT molecular complexity index is 853. The molecular weight excluding hydrogens is 364 g/mol. The monoisotopic (exact) mass is 390 g/mol. The first-order valence-electron chi connectivity index (χ1n) is 8.91. The summed E-state index contributed by atoms with van der Waals surface area (Å²) in [6.45, 7) is 4.47. The van der Waals surface area contributed by atoms with Crippen LogP contribution in [-0.4, -0.2) is 33.2 Å². The Labute approximate surface area is 161 Å². The molecule has 2 aromatic rings. The fraction of sp³-hybridized carbons (Fsp3) is 0.350. The highest BCUT2D eigenvalue weighted by Gasteiger charge is 2.31. The van der Waals surface area contributed by atoms with E-state index in [2.05, 4.69) is 5.32 Å². The predicted molar refractivity (Wildman–Crippen MR) is 107 cm³/mol. The second-order valence-corrected chi connectivity index (χ2v) is 7.94. The molecule has 0 saturated carbocycles. The number of hydrogen-bond acceptors (Lipinski definition) is 4. The van der Waals surface area contributed by atoms with E-state index in [-0.39, 0.29) is 12.5 Å². The fourth-order valence-electron chi connectivity index (χ4n) is 2.88. The van der Waals surface area contributed by atoms with Crippen LogP contribution in [0.4, 0.5) is 5.69 Å². The summed E-state index contributed by atoms with van der Waals surface area (Å²) in [6, 6.07) is 15.3. The molecule has 0 aliphatic rings. The number of carbonyl (C=O) groups excluding carboxylic acids is 1. The van der Waals surface area contributed by atoms with Gasteiger partial charge in [-0.1, -0.05) is 43.3 Å². The van der Waals surface area contributed by atoms with Gasteiger partial charge in [-0.05, 0) is 31.5 Å². The average Bonchev–Trinajstić information content (AvgIpc) is 2.65. The molecule has 0 aliphatic carbocycles. The minimum Gasteiger partial charge on any atom is -0.494 e. The number of nitrogens with zero attached hydrogens (tertiary/aromatic N) is 1. The maximum absolute atomic E-state index is 12.8. The normalized spacial score (nSPS) is 12.3. The molecule has 2 rings (SSSR count). The predicted octanol–water partition coefficient (Wildman–Crippen LogP) is 2.95. The van der Waals surface area contributed by atoms with Crippen molar-refractivity contribution in [2.24, 2.45) is 0 Å². The van der Waals surface area contributed by atoms with Crippen molar-refractivity contribution < 1.29 is 17.9 Å². The van der Waals surface area contributed by atoms with Crippen LogP contribution in [0.1, 0.15) is 25.8 Å². The van der Waals surface area contributed by atoms with Crippen molar-refractivity contribution in [1.82, 2.24) is 5.32 Å². The first-order valence-corrected chi connectivity index (χ1v) is 10.8. The van der Waals surface area contributed by atoms with Crippen LogP contribution >= 0.6 is 0 Å². The Morgan fingerprint density at radius 1 is 1.07 bits per heavy atom. The number of benzene rings is 2. The molecule has 0 radical (unpaired) electrons. The van der Waals surface area contributed by atoms with E-state index in [1.165, 1.54) is 4.31 Å². The van der Waals surface area contributed by atoms with Gasteiger partial charge in [-0.2, -0.15) is 0 Å². The van der Waals surface area contributed by atoms with Gasteiger partial charge in [0.25, 0.3) is 0 Å². The van der Waals surface area contributed by atoms with Crippen molar-refractivity contribution in [2.45, 2.75) is 32.9 Å². The van der Waals surface area contributed by atoms with E-state index >= 15 is 0 Å². The topological polar surface area (TPSA) is 75.7 Å². The highest BCUT2D eigenvalue weighted by molar-refractivity contribution is 7.92. The molecule has 0 spiro atoms. The van der Waals surface area contributed by atoms with Crippen LogP contribution < -0.4 is 14.4 Å². The van der Waals surface area contributed by atoms with E-state index in [4.69, 9.17) is 4.74 Å². The van der Waals surface area contributed by atoms with Crippen molar-refractivity contribution in [1.29, 1.82) is 0 Å². The largest absolute Gasteiger partial charge is 0.494 e. The molecule has 0 fully saturated rings. The van der Waals surface area contributed by atoms with E-state index in [1.54, 1.807) is 37.3 Å². The van der Waals surface area contributed by atoms with Crippen LogP contribution in [0.5, 0.6) is 5.75 Å². The molecule has 0 heterocycles. The molecule has 6 nitrogen and oxygen atoms in total. The molecule has 1 atom stereocenters. The van der Waals surface area contributed by atoms with Gasteiger partial charge in [-0.3, -0.25) is 9.10 Å². The van der Waals surface area contributed by atoms with E-state index < -0.39 is 16.1 Å². The molecule has 146 valence electrons. The first kappa shape index (κ1) is 20.8. The number of ether oxygens (including phenoxy) is 1. The molecule has 1 N–H and O–H groups in total. The second kappa shape index (κ2) is 9.41. The summed E-state index contributed by atoms with van der Waals surface area (Å²) >= 11 is 0. The van der Waals surface area contributed by atoms with Crippen molar-refractivity contribution in [3.8, 4) is 5.75 Å². The van der Waals surface area contributed by atoms with E-state index in [9.17, 15) is 13.2 Å². The van der Waals surface area contributed by atoms with Gasteiger partial charge in [0.05, 0.1) is 18.6 Å². The Kier molecular flexibility index (Phi) is 7.24. The SMILES string of the molecule is CCOc1ccccc1CNC(=O)[C@H](CC)N(c1ccccc1)S(C)(=O)=O. The third-order valence-corrected chi connectivity index (χ3v) is 5.25. The van der Waals surface area contributed by atoms with Crippen LogP contribution in [0, 0.1) is 0 Å². The second-order valence-electron chi connectivity index (χ2n) is 6.08. The standard InChI is InChI=1S/C20H26N2O4S/c1-4-18(22(27(3,24)25)17-12-7-6-8-13-17)20(23)21-15-16-11-9-10-14-19(16)26-5-2/h6-14,18H,4-5,15H2,1-3H3,(H,21,23)/t18-/m0/s1. The number of carbonyl (C=O) groups is 1. The van der Waals surface area contributed by atoms with E-state index in [0.717, 1.165) is 11.8 Å². The summed E-state index contributed by atoms with van der Waals surface area (Å²) in [5.74, 6) is 0.356. The van der Waals surface area contributed by atoms with Gasteiger partial charge in [-0.25, -0.2) is 8.42 Å². The van der Waals surface area contributed by atoms with Crippen molar-refractivity contribution in [2.75, 3.05) is 17.2 Å². The quantitative estimate of drug-likeness (QED) is 0.714. The lowest BCUT2D eigenvalue weighted by molar-refractivity contribution is -0.122. The first-order chi connectivity index (χ1) is 12.9. The van der Waals surface area contributed by atoms with Gasteiger partial charge < -0.3 is 10.1 Å². The van der Waals surface area contributed by atoms with Crippen molar-refractivity contribution >= 4 is 21.6 Å². The van der Waals surface area contributed by atoms with Gasteiger partial charge in [0.15, 0.2) is 0 Å². The number of amides is 1. The summed E-state index contributed by atoms with van der Waals surface area (Å²) in [5.41, 5.74) is 1.31. The molecule has 27 heavy (non-hydrogen) atoms. The molecule has 0 unspecified atom stereocenters. The van der Waals surface area contributed by atoms with Crippen molar-refractivity contribution in [3.05, 3.63) is 60.2 Å². The Balaban J connectivity index is 2.21. The summed E-state index contributed by atoms with van der Waals surface area (Å²) in [4.78, 5) is 12.8. The third kappa shape index (κ3) is 5.47. The Hall–Kier alpha value is -2.54. The van der Waals surface area contributed by atoms with Crippen LogP contribution in [-0.2, 0) is 21.4 Å². The lowest BCUT2D eigenvalue weighted by atomic mass is 10.1. The zero-order valence-corrected chi connectivity index (χ0v) is 16.7. The Morgan fingerprint density at radius 2 is 1.70 bits per heavy atom. The molecule has 0 saturated heterocycles. The van der Waals surface area contributed by atoms with Gasteiger partial charge in [-0.15, -0.1) is 0 Å². The van der Waals surface area contributed by atoms with Gasteiger partial charge in [0, 0.05) is 12.1 Å². The molecular formula is C20H26N2O4S. The maximum Gasteiger partial charge on any atom is 0.244 e. The highest BCUT2D eigenvalue weighted by atomic mass is 32.2. The fourth-order valence-corrected chi connectivity index (χ4v) is 4.09. The highest BCUT2D eigenvalue weighted by Crippen LogP contribution is 2.22. The minimum absolute atomic E-state index is 0.262. The summed E-state index contributed by atoms with van der Waals surface area (Å²) in [7, 11) is -3.63. The molecule has 0 aromatic heterocycles. The van der Waals surface area contributed by atoms with Crippen molar-refractivity contribution in [3.63, 3.8) is 0 Å². The van der Waals surface area contributed by atoms with Crippen LogP contribution in [0.3, 0.4) is 0 Å². The number of para-hydroxylation sites is 2. The third-order valence-electron chi connectivity index (χ3n) is 4.07. The molecule has 1 amide bonds. The average molecular weight is 391 g/mol. The molecule has 0 aliphatic heterocycles. The number of sulfonamides is 1. The molecule has 2 aromatic carbocycles. The maximum atomic E-state index is 12.8. The lowest BCUT2D eigenvalue weighted by Gasteiger charge is -2.30. The zero-order chi connectivity index (χ0) is 19.9. The summed E-state index contributed by atoms with van der Waals surface area (Å²) in [6.07, 6.45) is 1.46. The van der Waals surface area contributed by atoms with Crippen LogP contribution in [0.2, 0.25) is 0 Å². The molecule has 0 bridgehead atoms. The van der Waals surface area contributed by atoms with E-state index in [0.29, 0.717) is 24.5 Å². The zero-order valence-electron chi connectivity index (χ0n) is 15.9. The summed E-state index contributed by atoms with van der Waals surface area (Å²) < 4.78 is 31.5. The number of anilines is 1. The van der Waals surface area contributed by atoms with Crippen LogP contribution in [0.25, 0.3) is 0 Å². The number of rotatable bonds is 9. The van der Waals surface area contributed by atoms with Gasteiger partial charge >= 0.3 is 0 Å². The lowest BCUT2D eigenvalue weighted by Crippen LogP contribution is -2.49. The number of hydrogen-bond donors (Lipinski definition) is 1. The number of nitrogens with one attached hydrogen (secondary N) is 1. The summed E-state index contributed by atoms with van der Waals surface area (Å²) in [5, 5.41) is 2.85.